The lowest BCUT2D eigenvalue weighted by Crippen LogP contribution is -2.00. The first-order valence-corrected chi connectivity index (χ1v) is 13.6. The average Bonchev–Trinajstić information content (AvgIpc) is 3.06. The second-order valence-corrected chi connectivity index (χ2v) is 9.84. The number of nitrogens with zero attached hydrogens (tertiary/aromatic N) is 3. The van der Waals surface area contributed by atoms with Gasteiger partial charge in [-0.05, 0) is 69.6 Å². The van der Waals surface area contributed by atoms with Crippen molar-refractivity contribution < 1.29 is 0 Å². The maximum Gasteiger partial charge on any atom is 0.0716 e. The van der Waals surface area contributed by atoms with Crippen molar-refractivity contribution in [2.24, 2.45) is 9.98 Å². The number of benzene rings is 5. The van der Waals surface area contributed by atoms with Crippen LogP contribution in [-0.2, 0) is 6.54 Å². The topological polar surface area (TPSA) is 37.6 Å². The zero-order valence-electron chi connectivity index (χ0n) is 22.7. The largest absolute Gasteiger partial charge is 0.280 e. The number of rotatable bonds is 8. The summed E-state index contributed by atoms with van der Waals surface area (Å²) in [6, 6.07) is 46.2. The third-order valence-corrected chi connectivity index (χ3v) is 7.14. The summed E-state index contributed by atoms with van der Waals surface area (Å²) in [5.74, 6) is 0. The maximum absolute atomic E-state index is 5.04. The molecule has 6 rings (SSSR count). The van der Waals surface area contributed by atoms with Crippen LogP contribution >= 0.6 is 0 Å². The minimum Gasteiger partial charge on any atom is -0.280 e. The molecule has 3 nitrogen and oxygen atoms in total. The highest BCUT2D eigenvalue weighted by Gasteiger charge is 2.09. The van der Waals surface area contributed by atoms with Crippen LogP contribution in [0.25, 0.3) is 38.7 Å². The third kappa shape index (κ3) is 6.10. The zero-order chi connectivity index (χ0) is 27.9. The van der Waals surface area contributed by atoms with E-state index in [0.29, 0.717) is 6.54 Å². The lowest BCUT2D eigenvalue weighted by Gasteiger charge is -2.10. The molecule has 1 heterocycles. The lowest BCUT2D eigenvalue weighted by atomic mass is 9.98. The molecule has 0 aliphatic carbocycles. The summed E-state index contributed by atoms with van der Waals surface area (Å²) in [7, 11) is 0. The summed E-state index contributed by atoms with van der Waals surface area (Å²) in [6.45, 7) is 4.47. The molecule has 0 bridgehead atoms. The van der Waals surface area contributed by atoms with Crippen LogP contribution in [0.5, 0.6) is 0 Å². The van der Waals surface area contributed by atoms with E-state index in [-0.39, 0.29) is 0 Å². The molecule has 0 N–H and O–H groups in total. The standard InChI is InChI=1S/C38H29N3/c1-39-37(35-14-7-13-33(24-35)36-15-8-22-40-27-36)25-38(41-26-28-9-3-2-4-10-28)31-19-16-30(17-20-31)34-21-18-29-11-5-6-12-32(29)23-34/h2-25,27H,1,26H2/b37-25-,41-38?. The molecular weight excluding hydrogens is 498 g/mol. The van der Waals surface area contributed by atoms with Gasteiger partial charge < -0.3 is 0 Å². The van der Waals surface area contributed by atoms with Gasteiger partial charge in [0.15, 0.2) is 0 Å². The molecule has 3 heteroatoms. The van der Waals surface area contributed by atoms with Crippen molar-refractivity contribution in [3.8, 4) is 22.3 Å². The highest BCUT2D eigenvalue weighted by molar-refractivity contribution is 6.12. The Labute approximate surface area is 240 Å². The molecule has 0 saturated heterocycles. The van der Waals surface area contributed by atoms with Gasteiger partial charge in [0.1, 0.15) is 0 Å². The molecule has 0 radical (unpaired) electrons. The quantitative estimate of drug-likeness (QED) is 0.182. The molecule has 0 spiro atoms. The number of hydrogen-bond acceptors (Lipinski definition) is 3. The maximum atomic E-state index is 5.04. The summed E-state index contributed by atoms with van der Waals surface area (Å²) in [5, 5.41) is 2.47. The van der Waals surface area contributed by atoms with Crippen molar-refractivity contribution >= 4 is 28.9 Å². The van der Waals surface area contributed by atoms with Gasteiger partial charge in [-0.15, -0.1) is 0 Å². The smallest absolute Gasteiger partial charge is 0.0716 e. The molecule has 0 aliphatic rings. The van der Waals surface area contributed by atoms with Crippen LogP contribution in [0.1, 0.15) is 16.7 Å². The number of pyridine rings is 1. The Morgan fingerprint density at radius 3 is 2.12 bits per heavy atom. The molecule has 5 aromatic carbocycles. The van der Waals surface area contributed by atoms with Crippen molar-refractivity contribution in [2.75, 3.05) is 0 Å². The van der Waals surface area contributed by atoms with Crippen LogP contribution in [0, 0.1) is 0 Å². The van der Waals surface area contributed by atoms with Gasteiger partial charge in [0.05, 0.1) is 18.0 Å². The van der Waals surface area contributed by atoms with E-state index in [4.69, 9.17) is 4.99 Å². The first-order valence-electron chi connectivity index (χ1n) is 13.6. The average molecular weight is 528 g/mol. The van der Waals surface area contributed by atoms with Gasteiger partial charge in [-0.3, -0.25) is 15.0 Å². The van der Waals surface area contributed by atoms with Gasteiger partial charge in [0.2, 0.25) is 0 Å². The van der Waals surface area contributed by atoms with Gasteiger partial charge in [-0.2, -0.15) is 0 Å². The van der Waals surface area contributed by atoms with Crippen LogP contribution in [0.3, 0.4) is 0 Å². The molecule has 0 saturated carbocycles. The Bertz CT molecular complexity index is 1850. The lowest BCUT2D eigenvalue weighted by molar-refractivity contribution is 1.07. The molecule has 0 amide bonds. The zero-order valence-corrected chi connectivity index (χ0v) is 22.7. The highest BCUT2D eigenvalue weighted by atomic mass is 14.8. The van der Waals surface area contributed by atoms with E-state index >= 15 is 0 Å². The normalized spacial score (nSPS) is 11.9. The minimum absolute atomic E-state index is 0.569. The van der Waals surface area contributed by atoms with Crippen molar-refractivity contribution in [1.29, 1.82) is 0 Å². The fraction of sp³-hybridized carbons (Fsp3) is 0.0263. The molecule has 0 aliphatic heterocycles. The monoisotopic (exact) mass is 527 g/mol. The summed E-state index contributed by atoms with van der Waals surface area (Å²) in [4.78, 5) is 13.7. The Morgan fingerprint density at radius 1 is 0.610 bits per heavy atom. The predicted octanol–water partition coefficient (Wildman–Crippen LogP) is 9.30. The molecular formula is C38H29N3. The fourth-order valence-corrected chi connectivity index (χ4v) is 4.92. The molecule has 1 aromatic heterocycles. The number of aliphatic imine (C=N–C) groups is 2. The van der Waals surface area contributed by atoms with Crippen LogP contribution in [0.15, 0.2) is 162 Å². The third-order valence-electron chi connectivity index (χ3n) is 7.14. The van der Waals surface area contributed by atoms with E-state index in [0.717, 1.165) is 44.8 Å². The molecule has 0 unspecified atom stereocenters. The van der Waals surface area contributed by atoms with E-state index in [2.05, 4.69) is 120 Å². The van der Waals surface area contributed by atoms with Crippen molar-refractivity contribution in [3.63, 3.8) is 0 Å². The summed E-state index contributed by atoms with van der Waals surface area (Å²) < 4.78 is 0. The van der Waals surface area contributed by atoms with Crippen molar-refractivity contribution in [2.45, 2.75) is 6.54 Å². The van der Waals surface area contributed by atoms with Crippen LogP contribution in [0.4, 0.5) is 0 Å². The fourth-order valence-electron chi connectivity index (χ4n) is 4.92. The number of allylic oxidation sites excluding steroid dienone is 1. The van der Waals surface area contributed by atoms with Gasteiger partial charge >= 0.3 is 0 Å². The molecule has 196 valence electrons. The van der Waals surface area contributed by atoms with Gasteiger partial charge in [-0.1, -0.05) is 115 Å². The first kappa shape index (κ1) is 25.8. The summed E-state index contributed by atoms with van der Waals surface area (Å²) in [6.07, 6.45) is 5.68. The Kier molecular flexibility index (Phi) is 7.68. The Morgan fingerprint density at radius 2 is 1.34 bits per heavy atom. The van der Waals surface area contributed by atoms with Crippen LogP contribution in [0.2, 0.25) is 0 Å². The number of aromatic nitrogens is 1. The molecule has 41 heavy (non-hydrogen) atoms. The molecule has 0 fully saturated rings. The van der Waals surface area contributed by atoms with Crippen molar-refractivity contribution in [1.82, 2.24) is 4.98 Å². The van der Waals surface area contributed by atoms with E-state index in [1.165, 1.54) is 16.3 Å². The second-order valence-electron chi connectivity index (χ2n) is 9.84. The van der Waals surface area contributed by atoms with E-state index in [9.17, 15) is 0 Å². The van der Waals surface area contributed by atoms with E-state index in [1.54, 1.807) is 6.20 Å². The molecule has 0 atom stereocenters. The summed E-state index contributed by atoms with van der Waals surface area (Å²) in [5.41, 5.74) is 9.25. The predicted molar refractivity (Wildman–Crippen MR) is 173 cm³/mol. The molecule has 6 aromatic rings. The number of hydrogen-bond donors (Lipinski definition) is 0. The second kappa shape index (κ2) is 12.2. The van der Waals surface area contributed by atoms with Crippen LogP contribution < -0.4 is 0 Å². The van der Waals surface area contributed by atoms with Crippen molar-refractivity contribution in [3.05, 3.63) is 169 Å². The highest BCUT2D eigenvalue weighted by Crippen LogP contribution is 2.27. The van der Waals surface area contributed by atoms with E-state index < -0.39 is 0 Å². The Balaban J connectivity index is 1.37. The van der Waals surface area contributed by atoms with Gasteiger partial charge in [-0.25, -0.2) is 0 Å². The van der Waals surface area contributed by atoms with E-state index in [1.807, 2.05) is 42.6 Å². The first-order chi connectivity index (χ1) is 20.3. The van der Waals surface area contributed by atoms with Crippen LogP contribution in [-0.4, -0.2) is 17.4 Å². The summed E-state index contributed by atoms with van der Waals surface area (Å²) >= 11 is 0. The SMILES string of the molecule is C=N/C(=C\C(=NCc1ccccc1)c1ccc(-c2ccc3ccccc3c2)cc1)c1cccc(-c2cccnc2)c1. The van der Waals surface area contributed by atoms with Gasteiger partial charge in [0.25, 0.3) is 0 Å². The number of fused-ring (bicyclic) bond motifs is 1. The Hall–Kier alpha value is -5.41. The minimum atomic E-state index is 0.569. The van der Waals surface area contributed by atoms with Gasteiger partial charge in [0, 0.05) is 23.5 Å².